The molecule has 2 N–H and O–H groups in total. The van der Waals surface area contributed by atoms with Crippen molar-refractivity contribution >= 4 is 110 Å². The van der Waals surface area contributed by atoms with Gasteiger partial charge in [-0.2, -0.15) is 52.7 Å². The van der Waals surface area contributed by atoms with Gasteiger partial charge in [-0.3, -0.25) is 17.9 Å². The summed E-state index contributed by atoms with van der Waals surface area (Å²) >= 11 is 0. The molecule has 20 nitrogen and oxygen atoms in total. The van der Waals surface area contributed by atoms with E-state index in [0.717, 1.165) is 107 Å². The molecule has 7 aromatic rings. The molecule has 36 heteroatoms. The Morgan fingerprint density at radius 3 is 0.531 bits per heavy atom. The highest BCUT2D eigenvalue weighted by Gasteiger charge is 2.39. The summed E-state index contributed by atoms with van der Waals surface area (Å²) in [4.78, 5) is 18.9. The molecule has 0 atom stereocenters. The molecule has 96 heavy (non-hydrogen) atoms. The van der Waals surface area contributed by atoms with Gasteiger partial charge < -0.3 is 28.2 Å². The number of quaternary nitrogens is 4. The first-order valence-corrected chi connectivity index (χ1v) is 32.8. The molecule has 2 aliphatic heterocycles. The first-order valence-electron chi connectivity index (χ1n) is 27.2. The topological polar surface area (TPSA) is 286 Å². The highest BCUT2D eigenvalue weighted by molar-refractivity contribution is 7.87. The zero-order valence-corrected chi connectivity index (χ0v) is 55.9. The number of hydrogen-bond acceptors (Lipinski definition) is 14. The molecule has 4 aromatic carbocycles. The first-order chi connectivity index (χ1) is 43.2. The number of aromatic nitrogens is 4. The minimum atomic E-state index is -6.09. The average Bonchev–Trinajstić information content (AvgIpc) is 1.59. The van der Waals surface area contributed by atoms with Gasteiger partial charge in [0.2, 0.25) is 0 Å². The normalized spacial score (nSPS) is 13.5. The average molecular weight is 1440 g/mol. The summed E-state index contributed by atoms with van der Waals surface area (Å²) in [7, 11) is 2.01. The van der Waals surface area contributed by atoms with Crippen molar-refractivity contribution in [2.24, 2.45) is 0 Å². The molecule has 9 rings (SSSR count). The summed E-state index contributed by atoms with van der Waals surface area (Å²) < 4.78 is 239. The maximum atomic E-state index is 10.7. The van der Waals surface area contributed by atoms with E-state index in [1.807, 2.05) is 0 Å². The number of nitrogens with zero attached hydrogens (tertiary/aromatic N) is 6. The molecule has 0 spiro atoms. The Balaban J connectivity index is 0.000000428. The Kier molecular flexibility index (Phi) is 22.9. The van der Waals surface area contributed by atoms with E-state index in [1.54, 1.807) is 0 Å². The van der Waals surface area contributed by atoms with Crippen molar-refractivity contribution in [3.63, 3.8) is 0 Å². The van der Waals surface area contributed by atoms with Gasteiger partial charge in [0.25, 0.3) is 0 Å². The summed E-state index contributed by atoms with van der Waals surface area (Å²) in [5.41, 5.74) is -1.67. The number of nitrogens with one attached hydrogen (secondary N) is 2. The summed E-state index contributed by atoms with van der Waals surface area (Å²) in [6.07, 6.45) is 8.69. The fourth-order valence-corrected chi connectivity index (χ4v) is 8.72. The Morgan fingerprint density at radius 2 is 0.417 bits per heavy atom. The van der Waals surface area contributed by atoms with Crippen LogP contribution in [0.2, 0.25) is 0 Å². The van der Waals surface area contributed by atoms with Crippen molar-refractivity contribution in [3.05, 3.63) is 144 Å². The van der Waals surface area contributed by atoms with Crippen LogP contribution in [-0.4, -0.2) is 178 Å². The van der Waals surface area contributed by atoms with E-state index in [2.05, 4.69) is 240 Å². The molecule has 522 valence electrons. The molecule has 0 fully saturated rings. The third-order valence-corrected chi connectivity index (χ3v) is 15.9. The molecular formula is C60H62F12N8O12S4. The van der Waals surface area contributed by atoms with E-state index in [4.69, 9.17) is 61.9 Å². The number of hydrogen-bond donors (Lipinski definition) is 2. The smallest absolute Gasteiger partial charge is 0.485 e. The van der Waals surface area contributed by atoms with Gasteiger partial charge in [0.15, 0.2) is 40.5 Å². The quantitative estimate of drug-likeness (QED) is 0.0619. The van der Waals surface area contributed by atoms with E-state index in [0.29, 0.717) is 0 Å². The van der Waals surface area contributed by atoms with Crippen LogP contribution >= 0.6 is 0 Å². The van der Waals surface area contributed by atoms with Crippen LogP contribution in [0.3, 0.4) is 0 Å². The number of halogens is 12. The van der Waals surface area contributed by atoms with Crippen LogP contribution in [0.4, 0.5) is 75.4 Å². The molecule has 0 radical (unpaired) electrons. The van der Waals surface area contributed by atoms with Crippen molar-refractivity contribution in [3.8, 4) is 44.5 Å². The van der Waals surface area contributed by atoms with Crippen LogP contribution in [0.25, 0.3) is 90.9 Å². The molecule has 0 amide bonds. The third kappa shape index (κ3) is 20.1. The Labute approximate surface area is 544 Å². The highest BCUT2D eigenvalue weighted by atomic mass is 32.2. The maximum Gasteiger partial charge on any atom is 0.485 e. The molecule has 2 aliphatic rings. The SMILES string of the molecule is C[N+](C)(C)c1ccc(-c2c3nc(c(-c4ccc([N+](C)(C)C)cc4)c4ccc([nH]4)c(-c4ccc([N+](C)(C)C)cc4)c4nc(c(-c5ccc([N+](C)(C)C)cc5)c5ccc2[nH]5)C=C4)C=C3)cc1.O=S(=O)([O-])C(F)(F)F.O=S(=O)([O-])C(F)(F)F.O=S(=O)([O-])C(F)(F)F.O=S(=O)([O-])C(F)(F)F. The minimum absolute atomic E-state index is 0.727. The van der Waals surface area contributed by atoms with Gasteiger partial charge in [-0.05, 0) is 168 Å². The largest absolute Gasteiger partial charge is 0.741 e. The number of alkyl halides is 12. The number of H-pyrrole nitrogens is 2. The van der Waals surface area contributed by atoms with Crippen LogP contribution in [0.15, 0.2) is 121 Å². The van der Waals surface area contributed by atoms with Gasteiger partial charge >= 0.3 is 22.0 Å². The maximum absolute atomic E-state index is 10.7. The van der Waals surface area contributed by atoms with Gasteiger partial charge in [-0.1, -0.05) is 0 Å². The Bertz CT molecular complexity index is 4120. The second-order valence-electron chi connectivity index (χ2n) is 24.3. The number of fused-ring (bicyclic) bond motifs is 8. The standard InChI is InChI=1S/C56H62N8.4CHF3O3S/c1-61(2,3)41-21-13-37(14-22-41)53-45-29-31-47(57-45)54(38-15-23-42(24-16-38)62(4,5)6)49-33-35-51(59-49)56(40-19-27-44(28-20-40)64(10,11)12)52-36-34-50(60-52)55(48-32-30-46(53)58-48)39-17-25-43(26-18-39)63(7,8)9;4*2-1(3,4)8(5,6)7/h13-36,57,60H,1-12H3;4*(H,5,6,7)/q+4;;;;/p-4. The summed E-state index contributed by atoms with van der Waals surface area (Å²) in [6.45, 7) is 0. The summed E-state index contributed by atoms with van der Waals surface area (Å²) in [6, 6.07) is 44.5. The van der Waals surface area contributed by atoms with E-state index in [9.17, 15) is 52.7 Å². The Morgan fingerprint density at radius 1 is 0.281 bits per heavy atom. The summed E-state index contributed by atoms with van der Waals surface area (Å²) in [5, 5.41) is 0. The molecular weight excluding hydrogens is 1380 g/mol. The van der Waals surface area contributed by atoms with Gasteiger partial charge in [0, 0.05) is 44.3 Å². The van der Waals surface area contributed by atoms with E-state index in [-0.39, 0.29) is 0 Å². The molecule has 0 aliphatic carbocycles. The number of rotatable bonds is 8. The second kappa shape index (κ2) is 27.9. The predicted molar refractivity (Wildman–Crippen MR) is 342 cm³/mol. The summed E-state index contributed by atoms with van der Waals surface area (Å²) in [5.74, 6) is 0. The van der Waals surface area contributed by atoms with Crippen molar-refractivity contribution in [2.75, 3.05) is 84.6 Å². The lowest BCUT2D eigenvalue weighted by Gasteiger charge is -2.23. The van der Waals surface area contributed by atoms with Crippen LogP contribution in [0.1, 0.15) is 22.8 Å². The van der Waals surface area contributed by atoms with Crippen molar-refractivity contribution in [1.29, 1.82) is 0 Å². The lowest BCUT2D eigenvalue weighted by atomic mass is 10.0. The van der Waals surface area contributed by atoms with Crippen molar-refractivity contribution in [2.45, 2.75) is 22.0 Å². The zero-order valence-electron chi connectivity index (χ0n) is 52.6. The van der Waals surface area contributed by atoms with Crippen molar-refractivity contribution in [1.82, 2.24) is 37.9 Å². The Hall–Kier alpha value is -7.88. The lowest BCUT2D eigenvalue weighted by molar-refractivity contribution is -0.0522. The predicted octanol–water partition coefficient (Wildman–Crippen LogP) is 12.3. The first kappa shape index (κ1) is 78.8. The molecule has 8 bridgehead atoms. The zero-order chi connectivity index (χ0) is 73.3. The van der Waals surface area contributed by atoms with Gasteiger partial charge in [0.05, 0.1) is 107 Å². The van der Waals surface area contributed by atoms with Crippen LogP contribution < -0.4 is 17.9 Å². The van der Waals surface area contributed by atoms with Gasteiger partial charge in [-0.15, -0.1) is 0 Å². The van der Waals surface area contributed by atoms with Crippen LogP contribution in [0.5, 0.6) is 0 Å². The van der Waals surface area contributed by atoms with E-state index < -0.39 is 62.5 Å². The number of benzene rings is 4. The molecule has 0 saturated carbocycles. The third-order valence-electron chi connectivity index (χ3n) is 13.6. The molecule has 0 saturated heterocycles. The van der Waals surface area contributed by atoms with Gasteiger partial charge in [0.1, 0.15) is 22.7 Å². The molecule has 3 aromatic heterocycles. The van der Waals surface area contributed by atoms with Crippen molar-refractivity contribution < 1.29 is 105 Å². The van der Waals surface area contributed by atoms with E-state index >= 15 is 0 Å². The molecule has 5 heterocycles. The number of aromatic amines is 2. The molecule has 0 unspecified atom stereocenters. The van der Waals surface area contributed by atoms with Gasteiger partial charge in [-0.25, -0.2) is 43.6 Å². The van der Waals surface area contributed by atoms with Crippen LogP contribution in [-0.2, 0) is 40.5 Å². The monoisotopic (exact) mass is 1440 g/mol. The van der Waals surface area contributed by atoms with E-state index in [1.165, 1.54) is 22.7 Å². The fraction of sp³-hybridized carbons (Fsp3) is 0.267. The lowest BCUT2D eigenvalue weighted by Crippen LogP contribution is -2.34. The highest BCUT2D eigenvalue weighted by Crippen LogP contribution is 2.40. The van der Waals surface area contributed by atoms with Crippen LogP contribution in [0, 0.1) is 0 Å². The second-order valence-corrected chi connectivity index (χ2v) is 29.8. The fourth-order valence-electron chi connectivity index (χ4n) is 8.72. The minimum Gasteiger partial charge on any atom is -0.741 e.